The number of ketones is 1. The number of aliphatic hydroxyl groups is 1. The number of ether oxygens (including phenoxy) is 2. The highest BCUT2D eigenvalue weighted by molar-refractivity contribution is 5.98. The summed E-state index contributed by atoms with van der Waals surface area (Å²) >= 11 is 0. The molecule has 1 saturated carbocycles. The summed E-state index contributed by atoms with van der Waals surface area (Å²) in [7, 11) is 0. The van der Waals surface area contributed by atoms with Gasteiger partial charge in [0.05, 0.1) is 5.92 Å². The van der Waals surface area contributed by atoms with E-state index in [1.807, 2.05) is 0 Å². The minimum absolute atomic E-state index is 0.207. The Bertz CT molecular complexity index is 649. The van der Waals surface area contributed by atoms with E-state index < -0.39 is 35.5 Å². The average molecular weight is 364 g/mol. The molecular weight excluding hydrogens is 336 g/mol. The van der Waals surface area contributed by atoms with Crippen LogP contribution in [0.4, 0.5) is 0 Å². The SMILES string of the molecule is C/C=C/C(=O)[C@]1(O)[C@@H](C)CC[C@@H]2[C@@H](OC(=O)[C@@H]2C)[C@@H]1OC(=O)/C(C)=C/C. The number of carbonyl (C=O) groups excluding carboxylic acids is 3. The van der Waals surface area contributed by atoms with Crippen LogP contribution < -0.4 is 0 Å². The number of carbonyl (C=O) groups is 3. The molecule has 0 aromatic carbocycles. The number of allylic oxidation sites excluding steroid dienone is 2. The van der Waals surface area contributed by atoms with Gasteiger partial charge in [-0.3, -0.25) is 9.59 Å². The molecule has 1 N–H and O–H groups in total. The summed E-state index contributed by atoms with van der Waals surface area (Å²) in [6, 6.07) is 0. The molecule has 2 aliphatic rings. The summed E-state index contributed by atoms with van der Waals surface area (Å²) in [6.45, 7) is 8.50. The molecule has 0 amide bonds. The highest BCUT2D eigenvalue weighted by Crippen LogP contribution is 2.45. The average Bonchev–Trinajstić information content (AvgIpc) is 2.84. The van der Waals surface area contributed by atoms with Gasteiger partial charge in [-0.1, -0.05) is 26.0 Å². The van der Waals surface area contributed by atoms with Crippen LogP contribution in [-0.2, 0) is 23.9 Å². The Labute approximate surface area is 154 Å². The molecule has 0 radical (unpaired) electrons. The lowest BCUT2D eigenvalue weighted by atomic mass is 9.77. The maximum Gasteiger partial charge on any atom is 0.333 e. The van der Waals surface area contributed by atoms with Crippen molar-refractivity contribution in [1.29, 1.82) is 0 Å². The molecule has 26 heavy (non-hydrogen) atoms. The molecule has 6 heteroatoms. The Kier molecular flexibility index (Phi) is 6.06. The summed E-state index contributed by atoms with van der Waals surface area (Å²) in [5.74, 6) is -2.59. The van der Waals surface area contributed by atoms with Crippen LogP contribution in [0.15, 0.2) is 23.8 Å². The van der Waals surface area contributed by atoms with E-state index >= 15 is 0 Å². The van der Waals surface area contributed by atoms with E-state index in [4.69, 9.17) is 9.47 Å². The number of esters is 2. The normalized spacial score (nSPS) is 37.8. The van der Waals surface area contributed by atoms with Crippen molar-refractivity contribution in [2.75, 3.05) is 0 Å². The third-order valence-electron chi connectivity index (χ3n) is 5.81. The van der Waals surface area contributed by atoms with E-state index in [9.17, 15) is 19.5 Å². The molecule has 2 fully saturated rings. The summed E-state index contributed by atoms with van der Waals surface area (Å²) < 4.78 is 11.1. The maximum atomic E-state index is 12.8. The van der Waals surface area contributed by atoms with Crippen LogP contribution in [0.5, 0.6) is 0 Å². The van der Waals surface area contributed by atoms with Crippen LogP contribution in [0, 0.1) is 17.8 Å². The van der Waals surface area contributed by atoms with Gasteiger partial charge in [-0.25, -0.2) is 4.79 Å². The van der Waals surface area contributed by atoms with E-state index in [0.29, 0.717) is 18.4 Å². The first kappa shape index (κ1) is 20.4. The van der Waals surface area contributed by atoms with Crippen molar-refractivity contribution >= 4 is 17.7 Å². The molecule has 1 heterocycles. The van der Waals surface area contributed by atoms with Crippen molar-refractivity contribution in [3.8, 4) is 0 Å². The van der Waals surface area contributed by atoms with Crippen molar-refractivity contribution < 1.29 is 29.0 Å². The number of hydrogen-bond acceptors (Lipinski definition) is 6. The van der Waals surface area contributed by atoms with Gasteiger partial charge in [0.15, 0.2) is 17.5 Å². The van der Waals surface area contributed by atoms with E-state index in [-0.39, 0.29) is 17.8 Å². The van der Waals surface area contributed by atoms with E-state index in [1.165, 1.54) is 12.2 Å². The fourth-order valence-electron chi connectivity index (χ4n) is 3.83. The lowest BCUT2D eigenvalue weighted by Gasteiger charge is -2.38. The zero-order valence-corrected chi connectivity index (χ0v) is 16.0. The molecular formula is C20H28O6. The Hall–Kier alpha value is -1.95. The van der Waals surface area contributed by atoms with Crippen molar-refractivity contribution in [3.63, 3.8) is 0 Å². The van der Waals surface area contributed by atoms with Gasteiger partial charge in [0.1, 0.15) is 6.10 Å². The van der Waals surface area contributed by atoms with Crippen LogP contribution in [-0.4, -0.2) is 40.6 Å². The van der Waals surface area contributed by atoms with Gasteiger partial charge in [-0.15, -0.1) is 0 Å². The molecule has 0 aromatic heterocycles. The van der Waals surface area contributed by atoms with Crippen LogP contribution in [0.2, 0.25) is 0 Å². The van der Waals surface area contributed by atoms with Gasteiger partial charge in [-0.2, -0.15) is 0 Å². The lowest BCUT2D eigenvalue weighted by molar-refractivity contribution is -0.192. The van der Waals surface area contributed by atoms with Crippen molar-refractivity contribution in [3.05, 3.63) is 23.8 Å². The Morgan fingerprint density at radius 1 is 1.27 bits per heavy atom. The second-order valence-corrected chi connectivity index (χ2v) is 7.32. The van der Waals surface area contributed by atoms with Crippen LogP contribution >= 0.6 is 0 Å². The summed E-state index contributed by atoms with van der Waals surface area (Å²) in [4.78, 5) is 37.3. The standard InChI is InChI=1S/C20H28O6/c1-6-8-15(21)20(24)12(4)9-10-14-13(5)19(23)25-16(14)17(20)26-18(22)11(3)7-2/h6-8,12-14,16-17,24H,9-10H2,1-5H3/b8-6+,11-7+/t12-,13+,14-,16+,17-,20+/m0/s1. The monoisotopic (exact) mass is 364 g/mol. The van der Waals surface area contributed by atoms with Crippen molar-refractivity contribution in [2.45, 2.75) is 65.3 Å². The molecule has 1 saturated heterocycles. The second kappa shape index (κ2) is 7.74. The molecule has 6 nitrogen and oxygen atoms in total. The zero-order chi connectivity index (χ0) is 19.6. The van der Waals surface area contributed by atoms with Crippen LogP contribution in [0.1, 0.15) is 47.5 Å². The van der Waals surface area contributed by atoms with Gasteiger partial charge in [-0.05, 0) is 45.6 Å². The topological polar surface area (TPSA) is 89.9 Å². The van der Waals surface area contributed by atoms with Crippen LogP contribution in [0.3, 0.4) is 0 Å². The number of hydrogen-bond donors (Lipinski definition) is 1. The first-order valence-corrected chi connectivity index (χ1v) is 9.12. The van der Waals surface area contributed by atoms with Gasteiger partial charge >= 0.3 is 11.9 Å². The molecule has 0 unspecified atom stereocenters. The van der Waals surface area contributed by atoms with Gasteiger partial charge in [0.25, 0.3) is 0 Å². The minimum atomic E-state index is -1.94. The number of rotatable bonds is 4. The third-order valence-corrected chi connectivity index (χ3v) is 5.81. The highest BCUT2D eigenvalue weighted by atomic mass is 16.6. The fraction of sp³-hybridized carbons (Fsp3) is 0.650. The van der Waals surface area contributed by atoms with Gasteiger partial charge in [0.2, 0.25) is 0 Å². The minimum Gasteiger partial charge on any atom is -0.458 e. The predicted molar refractivity (Wildman–Crippen MR) is 95.0 cm³/mol. The Morgan fingerprint density at radius 3 is 2.50 bits per heavy atom. The zero-order valence-electron chi connectivity index (χ0n) is 16.0. The van der Waals surface area contributed by atoms with Gasteiger partial charge in [0, 0.05) is 11.5 Å². The lowest BCUT2D eigenvalue weighted by Crippen LogP contribution is -2.59. The summed E-state index contributed by atoms with van der Waals surface area (Å²) in [5.41, 5.74) is -1.59. The van der Waals surface area contributed by atoms with Gasteiger partial charge < -0.3 is 14.6 Å². The summed E-state index contributed by atoms with van der Waals surface area (Å²) in [5, 5.41) is 11.4. The Balaban J connectivity index is 2.53. The fourth-order valence-corrected chi connectivity index (χ4v) is 3.83. The van der Waals surface area contributed by atoms with Crippen LogP contribution in [0.25, 0.3) is 0 Å². The molecule has 0 bridgehead atoms. The largest absolute Gasteiger partial charge is 0.458 e. The predicted octanol–water partition coefficient (Wildman–Crippen LogP) is 2.35. The second-order valence-electron chi connectivity index (χ2n) is 7.32. The third kappa shape index (κ3) is 3.34. The van der Waals surface area contributed by atoms with E-state index in [0.717, 1.165) is 0 Å². The first-order valence-electron chi connectivity index (χ1n) is 9.12. The van der Waals surface area contributed by atoms with E-state index in [2.05, 4.69) is 0 Å². The summed E-state index contributed by atoms with van der Waals surface area (Å²) in [6.07, 6.45) is 3.46. The molecule has 0 aromatic rings. The maximum absolute atomic E-state index is 12.8. The quantitative estimate of drug-likeness (QED) is 0.608. The Morgan fingerprint density at radius 2 is 1.92 bits per heavy atom. The smallest absolute Gasteiger partial charge is 0.333 e. The molecule has 2 rings (SSSR count). The molecule has 0 spiro atoms. The molecule has 144 valence electrons. The molecule has 6 atom stereocenters. The number of fused-ring (bicyclic) bond motifs is 1. The van der Waals surface area contributed by atoms with E-state index in [1.54, 1.807) is 40.7 Å². The first-order chi connectivity index (χ1) is 12.2. The van der Waals surface area contributed by atoms with Crippen molar-refractivity contribution in [2.24, 2.45) is 17.8 Å². The van der Waals surface area contributed by atoms with Crippen molar-refractivity contribution in [1.82, 2.24) is 0 Å². The molecule has 1 aliphatic carbocycles. The highest BCUT2D eigenvalue weighted by Gasteiger charge is 2.60. The molecule has 1 aliphatic heterocycles.